The third-order valence-corrected chi connectivity index (χ3v) is 7.97. The van der Waals surface area contributed by atoms with Crippen LogP contribution in [0.25, 0.3) is 10.8 Å². The van der Waals surface area contributed by atoms with Crippen molar-refractivity contribution < 1.29 is 4.39 Å². The number of fused-ring (bicyclic) bond motifs is 1. The maximum atomic E-state index is 15.2. The Hall–Kier alpha value is -2.85. The molecular weight excluding hydrogens is 439 g/mol. The number of hydrogen-bond acceptors (Lipinski definition) is 0. The molecule has 0 saturated heterocycles. The number of aryl methyl sites for hydroxylation is 2. The third kappa shape index (κ3) is 7.33. The van der Waals surface area contributed by atoms with E-state index in [1.54, 1.807) is 0 Å². The molecule has 0 bridgehead atoms. The van der Waals surface area contributed by atoms with E-state index in [2.05, 4.69) is 55.7 Å². The summed E-state index contributed by atoms with van der Waals surface area (Å²) in [5, 5.41) is 1.64. The molecule has 0 amide bonds. The molecule has 188 valence electrons. The summed E-state index contributed by atoms with van der Waals surface area (Å²) in [6, 6.07) is 18.5. The Morgan fingerprint density at radius 3 is 2.28 bits per heavy atom. The number of benzene rings is 3. The molecule has 0 aliphatic heterocycles. The van der Waals surface area contributed by atoms with Crippen LogP contribution in [0, 0.1) is 29.5 Å². The minimum Gasteiger partial charge on any atom is -0.205 e. The molecule has 0 nitrogen and oxygen atoms in total. The van der Waals surface area contributed by atoms with E-state index < -0.39 is 0 Å². The number of unbranched alkanes of at least 4 members (excludes halogenated alkanes) is 2. The first-order valence-electron chi connectivity index (χ1n) is 14.1. The van der Waals surface area contributed by atoms with Gasteiger partial charge in [0.15, 0.2) is 0 Å². The molecule has 0 atom stereocenters. The lowest BCUT2D eigenvalue weighted by Gasteiger charge is -2.28. The van der Waals surface area contributed by atoms with Gasteiger partial charge in [0.1, 0.15) is 5.82 Å². The highest BCUT2D eigenvalue weighted by Crippen LogP contribution is 2.34. The van der Waals surface area contributed by atoms with Crippen LogP contribution < -0.4 is 0 Å². The molecule has 1 fully saturated rings. The van der Waals surface area contributed by atoms with Gasteiger partial charge in [0.05, 0.1) is 5.56 Å². The van der Waals surface area contributed by atoms with Crippen molar-refractivity contribution in [2.45, 2.75) is 84.0 Å². The molecule has 1 aliphatic carbocycles. The Morgan fingerprint density at radius 1 is 0.833 bits per heavy atom. The lowest BCUT2D eigenvalue weighted by molar-refractivity contribution is 0.254. The van der Waals surface area contributed by atoms with Gasteiger partial charge in [-0.1, -0.05) is 99.8 Å². The Morgan fingerprint density at radius 2 is 1.56 bits per heavy atom. The Kier molecular flexibility index (Phi) is 9.80. The number of rotatable bonds is 10. The van der Waals surface area contributed by atoms with Crippen molar-refractivity contribution in [3.05, 3.63) is 95.3 Å². The van der Waals surface area contributed by atoms with Crippen LogP contribution in [0.15, 0.2) is 67.3 Å². The summed E-state index contributed by atoms with van der Waals surface area (Å²) >= 11 is 0. The van der Waals surface area contributed by atoms with Crippen molar-refractivity contribution in [3.63, 3.8) is 0 Å². The van der Waals surface area contributed by atoms with Gasteiger partial charge in [-0.25, -0.2) is 4.39 Å². The molecule has 1 saturated carbocycles. The minimum atomic E-state index is -0.208. The fourth-order valence-electron chi connectivity index (χ4n) is 5.60. The van der Waals surface area contributed by atoms with Gasteiger partial charge in [-0.15, -0.1) is 6.58 Å². The second kappa shape index (κ2) is 13.5. The summed E-state index contributed by atoms with van der Waals surface area (Å²) < 4.78 is 15.2. The zero-order chi connectivity index (χ0) is 25.2. The molecule has 3 aromatic rings. The lowest BCUT2D eigenvalue weighted by Crippen LogP contribution is -2.15. The van der Waals surface area contributed by atoms with Crippen LogP contribution in [-0.4, -0.2) is 0 Å². The van der Waals surface area contributed by atoms with Gasteiger partial charge in [-0.2, -0.15) is 0 Å². The summed E-state index contributed by atoms with van der Waals surface area (Å²) in [4.78, 5) is 0. The van der Waals surface area contributed by atoms with E-state index in [0.717, 1.165) is 42.0 Å². The molecule has 1 heteroatoms. The summed E-state index contributed by atoms with van der Waals surface area (Å²) in [6.45, 7) is 6.08. The second-order valence-electron chi connectivity index (χ2n) is 10.7. The molecule has 36 heavy (non-hydrogen) atoms. The first-order chi connectivity index (χ1) is 17.7. The highest BCUT2D eigenvalue weighted by molar-refractivity contribution is 5.85. The number of hydrogen-bond donors (Lipinski definition) is 0. The van der Waals surface area contributed by atoms with Gasteiger partial charge in [-0.05, 0) is 85.1 Å². The van der Waals surface area contributed by atoms with Crippen molar-refractivity contribution in [3.8, 4) is 11.8 Å². The van der Waals surface area contributed by atoms with Crippen LogP contribution in [0.5, 0.6) is 0 Å². The Labute approximate surface area is 218 Å². The maximum Gasteiger partial charge on any atom is 0.146 e. The van der Waals surface area contributed by atoms with Gasteiger partial charge in [0, 0.05) is 10.9 Å². The first-order valence-corrected chi connectivity index (χ1v) is 14.1. The fourth-order valence-corrected chi connectivity index (χ4v) is 5.60. The van der Waals surface area contributed by atoms with E-state index in [4.69, 9.17) is 0 Å². The summed E-state index contributed by atoms with van der Waals surface area (Å²) in [5.74, 6) is 7.73. The van der Waals surface area contributed by atoms with E-state index in [1.165, 1.54) is 68.9 Å². The molecule has 0 unspecified atom stereocenters. The van der Waals surface area contributed by atoms with Gasteiger partial charge in [0.2, 0.25) is 0 Å². The molecule has 4 rings (SSSR count). The Bertz CT molecular complexity index is 1180. The van der Waals surface area contributed by atoms with Gasteiger partial charge < -0.3 is 0 Å². The first kappa shape index (κ1) is 26.2. The Balaban J connectivity index is 1.35. The summed E-state index contributed by atoms with van der Waals surface area (Å²) in [7, 11) is 0. The predicted octanol–water partition coefficient (Wildman–Crippen LogP) is 9.82. The lowest BCUT2D eigenvalue weighted by atomic mass is 9.78. The van der Waals surface area contributed by atoms with Crippen LogP contribution in [0.3, 0.4) is 0 Å². The van der Waals surface area contributed by atoms with Crippen molar-refractivity contribution in [2.75, 3.05) is 0 Å². The smallest absolute Gasteiger partial charge is 0.146 e. The van der Waals surface area contributed by atoms with Gasteiger partial charge >= 0.3 is 0 Å². The highest BCUT2D eigenvalue weighted by atomic mass is 19.1. The van der Waals surface area contributed by atoms with Crippen LogP contribution in [-0.2, 0) is 12.8 Å². The van der Waals surface area contributed by atoms with E-state index in [-0.39, 0.29) is 5.82 Å². The topological polar surface area (TPSA) is 0 Å². The van der Waals surface area contributed by atoms with Crippen molar-refractivity contribution in [1.82, 2.24) is 0 Å². The van der Waals surface area contributed by atoms with Gasteiger partial charge in [-0.3, -0.25) is 0 Å². The summed E-state index contributed by atoms with van der Waals surface area (Å²) in [5.41, 5.74) is 4.06. The zero-order valence-electron chi connectivity index (χ0n) is 22.0. The van der Waals surface area contributed by atoms with Crippen LogP contribution >= 0.6 is 0 Å². The maximum absolute atomic E-state index is 15.2. The van der Waals surface area contributed by atoms with E-state index in [9.17, 15) is 0 Å². The SMILES string of the molecule is C=CCCC1CCC(CCc2ccc3c(F)c(C#Cc4ccc(CCCCC)cc4)ccc3c2)CC1. The molecule has 0 radical (unpaired) electrons. The van der Waals surface area contributed by atoms with Crippen LogP contribution in [0.2, 0.25) is 0 Å². The quantitative estimate of drug-likeness (QED) is 0.154. The van der Waals surface area contributed by atoms with Crippen molar-refractivity contribution >= 4 is 10.8 Å². The summed E-state index contributed by atoms with van der Waals surface area (Å²) in [6.07, 6.45) is 17.1. The number of allylic oxidation sites excluding steroid dienone is 1. The molecule has 0 N–H and O–H groups in total. The largest absolute Gasteiger partial charge is 0.205 e. The van der Waals surface area contributed by atoms with Gasteiger partial charge in [0.25, 0.3) is 0 Å². The third-order valence-electron chi connectivity index (χ3n) is 7.97. The van der Waals surface area contributed by atoms with E-state index in [1.807, 2.05) is 30.3 Å². The molecule has 0 aromatic heterocycles. The molecule has 1 aliphatic rings. The molecule has 3 aromatic carbocycles. The fraction of sp³-hybridized carbons (Fsp3) is 0.429. The highest BCUT2D eigenvalue weighted by Gasteiger charge is 2.20. The van der Waals surface area contributed by atoms with Crippen LogP contribution in [0.1, 0.15) is 93.4 Å². The minimum absolute atomic E-state index is 0.208. The normalized spacial score (nSPS) is 17.5. The zero-order valence-corrected chi connectivity index (χ0v) is 22.0. The average Bonchev–Trinajstić information content (AvgIpc) is 2.92. The van der Waals surface area contributed by atoms with E-state index >= 15 is 4.39 Å². The van der Waals surface area contributed by atoms with Crippen molar-refractivity contribution in [2.24, 2.45) is 11.8 Å². The van der Waals surface area contributed by atoms with Crippen LogP contribution in [0.4, 0.5) is 4.39 Å². The molecular formula is C35H41F. The standard InChI is InChI=1S/C35H41F/c1-3-5-7-9-28-12-16-30(17-13-28)20-22-32-23-24-33-26-31(21-25-34(33)35(32)36)19-18-29-14-10-27(11-15-29)8-6-4-2/h4,12-13,16-17,21,23-27,29H,2-3,5-11,14-15,18-19H2,1H3. The molecule has 0 heterocycles. The number of halogens is 1. The van der Waals surface area contributed by atoms with E-state index in [0.29, 0.717) is 10.9 Å². The molecule has 0 spiro atoms. The monoisotopic (exact) mass is 480 g/mol. The predicted molar refractivity (Wildman–Crippen MR) is 153 cm³/mol. The average molecular weight is 481 g/mol. The second-order valence-corrected chi connectivity index (χ2v) is 10.7. The van der Waals surface area contributed by atoms with Crippen molar-refractivity contribution in [1.29, 1.82) is 0 Å².